The van der Waals surface area contributed by atoms with Crippen molar-refractivity contribution in [1.29, 1.82) is 0 Å². The molecule has 0 aromatic heterocycles. The first-order valence-electron chi connectivity index (χ1n) is 7.34. The number of nitrogens with one attached hydrogen (secondary N) is 1. The summed E-state index contributed by atoms with van der Waals surface area (Å²) in [6, 6.07) is 10.7. The van der Waals surface area contributed by atoms with Crippen LogP contribution in [0.1, 0.15) is 25.3 Å². The molecule has 0 atom stereocenters. The Morgan fingerprint density at radius 1 is 1.11 bits per heavy atom. The topological polar surface area (TPSA) is 15.3 Å². The van der Waals surface area contributed by atoms with Crippen molar-refractivity contribution in [2.75, 3.05) is 38.2 Å². The Kier molecular flexibility index (Phi) is 9.86. The molecule has 0 radical (unpaired) electrons. The van der Waals surface area contributed by atoms with Gasteiger partial charge < -0.3 is 10.2 Å². The second kappa shape index (κ2) is 11.3. The van der Waals surface area contributed by atoms with Crippen molar-refractivity contribution < 1.29 is 0 Å². The average molecular weight is 280 g/mol. The molecule has 1 N–H and O–H groups in total. The molecule has 0 amide bonds. The average Bonchev–Trinajstić information content (AvgIpc) is 2.43. The summed E-state index contributed by atoms with van der Waals surface area (Å²) >= 11 is 2.03. The van der Waals surface area contributed by atoms with E-state index in [1.165, 1.54) is 29.9 Å². The number of hydrogen-bond donors (Lipinski definition) is 1. The van der Waals surface area contributed by atoms with Gasteiger partial charge in [0.15, 0.2) is 0 Å². The number of benzene rings is 1. The first kappa shape index (κ1) is 16.5. The van der Waals surface area contributed by atoms with Gasteiger partial charge in [0.25, 0.3) is 0 Å². The van der Waals surface area contributed by atoms with Crippen LogP contribution in [0, 0.1) is 0 Å². The van der Waals surface area contributed by atoms with Gasteiger partial charge in [0.1, 0.15) is 0 Å². The van der Waals surface area contributed by atoms with Crippen LogP contribution in [0.15, 0.2) is 30.3 Å². The van der Waals surface area contributed by atoms with Gasteiger partial charge >= 0.3 is 0 Å². The summed E-state index contributed by atoms with van der Waals surface area (Å²) in [5, 5.41) is 3.52. The third-order valence-corrected chi connectivity index (χ3v) is 4.02. The Labute approximate surface area is 123 Å². The molecular formula is C16H28N2S. The smallest absolute Gasteiger partial charge is 0.0230 e. The van der Waals surface area contributed by atoms with Gasteiger partial charge in [-0.05, 0) is 56.6 Å². The molecule has 0 spiro atoms. The van der Waals surface area contributed by atoms with E-state index in [0.29, 0.717) is 0 Å². The molecule has 0 aliphatic rings. The molecule has 0 aliphatic heterocycles. The Balaban J connectivity index is 1.94. The predicted molar refractivity (Wildman–Crippen MR) is 87.9 cm³/mol. The third-order valence-electron chi connectivity index (χ3n) is 3.04. The quantitative estimate of drug-likeness (QED) is 0.627. The molecule has 1 aromatic rings. The van der Waals surface area contributed by atoms with Crippen LogP contribution in [0.4, 0.5) is 0 Å². The van der Waals surface area contributed by atoms with Gasteiger partial charge in [0.2, 0.25) is 0 Å². The van der Waals surface area contributed by atoms with E-state index in [9.17, 15) is 0 Å². The molecule has 108 valence electrons. The van der Waals surface area contributed by atoms with Crippen LogP contribution in [-0.4, -0.2) is 43.1 Å². The van der Waals surface area contributed by atoms with E-state index in [4.69, 9.17) is 0 Å². The van der Waals surface area contributed by atoms with Gasteiger partial charge in [0, 0.05) is 6.54 Å². The zero-order valence-electron chi connectivity index (χ0n) is 12.4. The summed E-state index contributed by atoms with van der Waals surface area (Å²) in [4.78, 5) is 2.39. The van der Waals surface area contributed by atoms with Crippen molar-refractivity contribution in [3.8, 4) is 0 Å². The van der Waals surface area contributed by atoms with Crippen LogP contribution < -0.4 is 5.32 Å². The lowest BCUT2D eigenvalue weighted by Gasteiger charge is -2.16. The Morgan fingerprint density at radius 2 is 1.84 bits per heavy atom. The molecule has 0 fully saturated rings. The van der Waals surface area contributed by atoms with Crippen LogP contribution in [0.25, 0.3) is 0 Å². The molecule has 0 aliphatic carbocycles. The summed E-state index contributed by atoms with van der Waals surface area (Å²) in [7, 11) is 2.20. The van der Waals surface area contributed by atoms with Gasteiger partial charge in [-0.15, -0.1) is 0 Å². The van der Waals surface area contributed by atoms with Crippen LogP contribution in [0.2, 0.25) is 0 Å². The van der Waals surface area contributed by atoms with Crippen LogP contribution in [0.3, 0.4) is 0 Å². The highest BCUT2D eigenvalue weighted by molar-refractivity contribution is 7.99. The first-order valence-corrected chi connectivity index (χ1v) is 8.49. The van der Waals surface area contributed by atoms with E-state index < -0.39 is 0 Å². The highest BCUT2D eigenvalue weighted by Gasteiger charge is 1.99. The summed E-state index contributed by atoms with van der Waals surface area (Å²) in [5.74, 6) is 2.53. The zero-order valence-corrected chi connectivity index (χ0v) is 13.2. The Hall–Kier alpha value is -0.510. The highest BCUT2D eigenvalue weighted by Crippen LogP contribution is 2.02. The third kappa shape index (κ3) is 9.09. The van der Waals surface area contributed by atoms with Crippen molar-refractivity contribution >= 4 is 11.8 Å². The predicted octanol–water partition coefficient (Wildman–Crippen LogP) is 3.24. The minimum atomic E-state index is 1.05. The van der Waals surface area contributed by atoms with E-state index in [1.54, 1.807) is 0 Å². The lowest BCUT2D eigenvalue weighted by atomic mass is 10.2. The molecule has 1 aromatic carbocycles. The van der Waals surface area contributed by atoms with E-state index in [2.05, 4.69) is 54.5 Å². The van der Waals surface area contributed by atoms with E-state index in [0.717, 1.165) is 26.2 Å². The fourth-order valence-corrected chi connectivity index (χ4v) is 2.65. The van der Waals surface area contributed by atoms with Crippen LogP contribution >= 0.6 is 11.8 Å². The van der Waals surface area contributed by atoms with Crippen molar-refractivity contribution in [1.82, 2.24) is 10.2 Å². The van der Waals surface area contributed by atoms with E-state index in [1.807, 2.05) is 11.8 Å². The van der Waals surface area contributed by atoms with Gasteiger partial charge in [-0.2, -0.15) is 11.8 Å². The molecule has 0 heterocycles. The fraction of sp³-hybridized carbons (Fsp3) is 0.625. The second-order valence-electron chi connectivity index (χ2n) is 4.88. The maximum atomic E-state index is 3.52. The summed E-state index contributed by atoms with van der Waals surface area (Å²) in [6.07, 6.45) is 2.52. The SMILES string of the molecule is CCSCCCNCCCN(C)Cc1ccccc1. The largest absolute Gasteiger partial charge is 0.317 e. The molecule has 0 unspecified atom stereocenters. The minimum absolute atomic E-state index is 1.05. The Bertz CT molecular complexity index is 303. The normalized spacial score (nSPS) is 11.1. The monoisotopic (exact) mass is 280 g/mol. The van der Waals surface area contributed by atoms with Gasteiger partial charge in [-0.3, -0.25) is 0 Å². The number of rotatable bonds is 11. The lowest BCUT2D eigenvalue weighted by Crippen LogP contribution is -2.24. The molecule has 0 bridgehead atoms. The van der Waals surface area contributed by atoms with Crippen molar-refractivity contribution in [3.63, 3.8) is 0 Å². The summed E-state index contributed by atoms with van der Waals surface area (Å²) < 4.78 is 0. The van der Waals surface area contributed by atoms with Crippen molar-refractivity contribution in [2.45, 2.75) is 26.3 Å². The first-order chi connectivity index (χ1) is 9.33. The fourth-order valence-electron chi connectivity index (χ4n) is 2.02. The summed E-state index contributed by atoms with van der Waals surface area (Å²) in [6.45, 7) is 6.73. The molecular weight excluding hydrogens is 252 g/mol. The summed E-state index contributed by atoms with van der Waals surface area (Å²) in [5.41, 5.74) is 1.40. The maximum absolute atomic E-state index is 3.52. The number of thioether (sulfide) groups is 1. The molecule has 19 heavy (non-hydrogen) atoms. The standard InChI is InChI=1S/C16H28N2S/c1-3-19-14-8-12-17-11-7-13-18(2)15-16-9-5-4-6-10-16/h4-6,9-10,17H,3,7-8,11-15H2,1-2H3. The maximum Gasteiger partial charge on any atom is 0.0230 e. The van der Waals surface area contributed by atoms with E-state index in [-0.39, 0.29) is 0 Å². The van der Waals surface area contributed by atoms with Crippen LogP contribution in [-0.2, 0) is 6.54 Å². The molecule has 2 nitrogen and oxygen atoms in total. The lowest BCUT2D eigenvalue weighted by molar-refractivity contribution is 0.320. The van der Waals surface area contributed by atoms with Gasteiger partial charge in [0.05, 0.1) is 0 Å². The highest BCUT2D eigenvalue weighted by atomic mass is 32.2. The van der Waals surface area contributed by atoms with Crippen LogP contribution in [0.5, 0.6) is 0 Å². The van der Waals surface area contributed by atoms with Gasteiger partial charge in [-0.1, -0.05) is 37.3 Å². The zero-order chi connectivity index (χ0) is 13.8. The van der Waals surface area contributed by atoms with E-state index >= 15 is 0 Å². The number of hydrogen-bond acceptors (Lipinski definition) is 3. The van der Waals surface area contributed by atoms with Crippen molar-refractivity contribution in [3.05, 3.63) is 35.9 Å². The molecule has 3 heteroatoms. The molecule has 0 saturated carbocycles. The second-order valence-corrected chi connectivity index (χ2v) is 6.27. The molecule has 0 saturated heterocycles. The van der Waals surface area contributed by atoms with Crippen molar-refractivity contribution in [2.24, 2.45) is 0 Å². The van der Waals surface area contributed by atoms with Gasteiger partial charge in [-0.25, -0.2) is 0 Å². The minimum Gasteiger partial charge on any atom is -0.317 e. The molecule has 1 rings (SSSR count). The number of nitrogens with zero attached hydrogens (tertiary/aromatic N) is 1. The Morgan fingerprint density at radius 3 is 2.58 bits per heavy atom.